The molecular weight excluding hydrogens is 254 g/mol. The molecule has 0 heterocycles. The highest BCUT2D eigenvalue weighted by Gasteiger charge is 2.13. The predicted molar refractivity (Wildman–Crippen MR) is 82.9 cm³/mol. The van der Waals surface area contributed by atoms with E-state index in [1.54, 1.807) is 0 Å². The molecule has 100 valence electrons. The van der Waals surface area contributed by atoms with Crippen LogP contribution in [-0.4, -0.2) is 6.54 Å². The quantitative estimate of drug-likeness (QED) is 0.886. The van der Waals surface area contributed by atoms with Gasteiger partial charge < -0.3 is 5.73 Å². The fourth-order valence-corrected chi connectivity index (χ4v) is 2.55. The number of hydrogen-bond acceptors (Lipinski definition) is 1. The Labute approximate surface area is 120 Å². The monoisotopic (exact) mass is 273 g/mol. The molecule has 0 bridgehead atoms. The van der Waals surface area contributed by atoms with Crippen LogP contribution in [0.2, 0.25) is 5.02 Å². The molecule has 0 saturated carbocycles. The van der Waals surface area contributed by atoms with Crippen molar-refractivity contribution < 1.29 is 0 Å². The molecule has 0 saturated heterocycles. The minimum Gasteiger partial charge on any atom is -0.330 e. The van der Waals surface area contributed by atoms with Gasteiger partial charge in [0, 0.05) is 10.9 Å². The summed E-state index contributed by atoms with van der Waals surface area (Å²) in [6.45, 7) is 4.94. The molecule has 0 spiro atoms. The summed E-state index contributed by atoms with van der Waals surface area (Å²) in [5.41, 5.74) is 11.2. The molecular formula is C17H20ClN. The number of nitrogens with two attached hydrogens (primary N) is 1. The second kappa shape index (κ2) is 6.23. The average molecular weight is 274 g/mol. The molecule has 1 nitrogen and oxygen atoms in total. The first-order valence-electron chi connectivity index (χ1n) is 6.62. The highest BCUT2D eigenvalue weighted by Crippen LogP contribution is 2.25. The van der Waals surface area contributed by atoms with Gasteiger partial charge in [-0.3, -0.25) is 0 Å². The van der Waals surface area contributed by atoms with E-state index in [-0.39, 0.29) is 0 Å². The van der Waals surface area contributed by atoms with Crippen molar-refractivity contribution in [2.24, 2.45) is 5.73 Å². The lowest BCUT2D eigenvalue weighted by Gasteiger charge is -2.18. The molecule has 0 radical (unpaired) electrons. The molecule has 2 aromatic carbocycles. The Morgan fingerprint density at radius 3 is 2.37 bits per heavy atom. The van der Waals surface area contributed by atoms with Gasteiger partial charge in [-0.15, -0.1) is 0 Å². The molecule has 2 N–H and O–H groups in total. The molecule has 1 atom stereocenters. The van der Waals surface area contributed by atoms with E-state index in [0.29, 0.717) is 12.5 Å². The van der Waals surface area contributed by atoms with Crippen molar-refractivity contribution in [3.05, 3.63) is 69.7 Å². The highest BCUT2D eigenvalue weighted by atomic mass is 35.5. The van der Waals surface area contributed by atoms with E-state index in [4.69, 9.17) is 17.3 Å². The van der Waals surface area contributed by atoms with Gasteiger partial charge in [-0.2, -0.15) is 0 Å². The fraction of sp³-hybridized carbons (Fsp3) is 0.294. The summed E-state index contributed by atoms with van der Waals surface area (Å²) in [6.07, 6.45) is 0.956. The van der Waals surface area contributed by atoms with Gasteiger partial charge in [-0.25, -0.2) is 0 Å². The van der Waals surface area contributed by atoms with Gasteiger partial charge in [-0.1, -0.05) is 47.5 Å². The zero-order valence-corrected chi connectivity index (χ0v) is 12.2. The van der Waals surface area contributed by atoms with E-state index in [1.807, 2.05) is 12.1 Å². The van der Waals surface area contributed by atoms with Crippen LogP contribution in [0.3, 0.4) is 0 Å². The van der Waals surface area contributed by atoms with E-state index < -0.39 is 0 Å². The topological polar surface area (TPSA) is 26.0 Å². The Bertz CT molecular complexity index is 546. The lowest BCUT2D eigenvalue weighted by Crippen LogP contribution is -2.16. The summed E-state index contributed by atoms with van der Waals surface area (Å²) in [5, 5.41) is 0.778. The Kier molecular flexibility index (Phi) is 4.62. The molecule has 0 amide bonds. The smallest absolute Gasteiger partial charge is 0.0406 e. The molecule has 2 rings (SSSR count). The van der Waals surface area contributed by atoms with Gasteiger partial charge in [-0.05, 0) is 55.6 Å². The van der Waals surface area contributed by atoms with Gasteiger partial charge in [0.1, 0.15) is 0 Å². The molecule has 0 aliphatic carbocycles. The van der Waals surface area contributed by atoms with Crippen molar-refractivity contribution in [1.82, 2.24) is 0 Å². The van der Waals surface area contributed by atoms with Crippen molar-refractivity contribution in [3.8, 4) is 0 Å². The molecule has 0 aromatic heterocycles. The Morgan fingerprint density at radius 2 is 1.74 bits per heavy atom. The van der Waals surface area contributed by atoms with E-state index in [9.17, 15) is 0 Å². The minimum absolute atomic E-state index is 0.362. The van der Waals surface area contributed by atoms with Crippen LogP contribution in [0.15, 0.2) is 42.5 Å². The third-order valence-electron chi connectivity index (χ3n) is 3.55. The SMILES string of the molecule is Cc1ccc(C)c(C(CN)Cc2ccc(Cl)cc2)c1. The summed E-state index contributed by atoms with van der Waals surface area (Å²) in [6, 6.07) is 14.6. The van der Waals surface area contributed by atoms with Crippen LogP contribution in [0.25, 0.3) is 0 Å². The average Bonchev–Trinajstić information content (AvgIpc) is 2.41. The van der Waals surface area contributed by atoms with Crippen LogP contribution in [-0.2, 0) is 6.42 Å². The minimum atomic E-state index is 0.362. The second-order valence-corrected chi connectivity index (χ2v) is 5.56. The molecule has 0 aliphatic heterocycles. The second-order valence-electron chi connectivity index (χ2n) is 5.12. The van der Waals surface area contributed by atoms with Crippen LogP contribution in [0.5, 0.6) is 0 Å². The van der Waals surface area contributed by atoms with Gasteiger partial charge in [0.25, 0.3) is 0 Å². The Hall–Kier alpha value is -1.31. The first-order valence-corrected chi connectivity index (χ1v) is 6.99. The van der Waals surface area contributed by atoms with Crippen molar-refractivity contribution in [2.45, 2.75) is 26.2 Å². The van der Waals surface area contributed by atoms with Crippen molar-refractivity contribution in [1.29, 1.82) is 0 Å². The molecule has 0 fully saturated rings. The normalized spacial score (nSPS) is 12.4. The number of halogens is 1. The standard InChI is InChI=1S/C17H20ClN/c1-12-3-4-13(2)17(9-12)15(11-19)10-14-5-7-16(18)8-6-14/h3-9,15H,10-11,19H2,1-2H3. The van der Waals surface area contributed by atoms with Gasteiger partial charge in [0.2, 0.25) is 0 Å². The van der Waals surface area contributed by atoms with Gasteiger partial charge in [0.05, 0.1) is 0 Å². The number of benzene rings is 2. The van der Waals surface area contributed by atoms with Crippen LogP contribution in [0.4, 0.5) is 0 Å². The van der Waals surface area contributed by atoms with E-state index in [2.05, 4.69) is 44.2 Å². The van der Waals surface area contributed by atoms with Crippen molar-refractivity contribution in [2.75, 3.05) is 6.54 Å². The summed E-state index contributed by atoms with van der Waals surface area (Å²) >= 11 is 5.92. The Balaban J connectivity index is 2.24. The first kappa shape index (κ1) is 14.1. The zero-order valence-electron chi connectivity index (χ0n) is 11.5. The lowest BCUT2D eigenvalue weighted by molar-refractivity contribution is 0.689. The lowest BCUT2D eigenvalue weighted by atomic mass is 9.88. The maximum atomic E-state index is 5.98. The van der Waals surface area contributed by atoms with Gasteiger partial charge >= 0.3 is 0 Å². The third-order valence-corrected chi connectivity index (χ3v) is 3.81. The van der Waals surface area contributed by atoms with Crippen molar-refractivity contribution >= 4 is 11.6 Å². The summed E-state index contributed by atoms with van der Waals surface area (Å²) < 4.78 is 0. The summed E-state index contributed by atoms with van der Waals surface area (Å²) in [5.74, 6) is 0.362. The first-order chi connectivity index (χ1) is 9.10. The number of rotatable bonds is 4. The molecule has 2 aromatic rings. The molecule has 0 aliphatic rings. The van der Waals surface area contributed by atoms with Crippen LogP contribution >= 0.6 is 11.6 Å². The Morgan fingerprint density at radius 1 is 1.05 bits per heavy atom. The van der Waals surface area contributed by atoms with Crippen molar-refractivity contribution in [3.63, 3.8) is 0 Å². The van der Waals surface area contributed by atoms with E-state index in [0.717, 1.165) is 11.4 Å². The van der Waals surface area contributed by atoms with E-state index in [1.165, 1.54) is 22.3 Å². The van der Waals surface area contributed by atoms with Crippen LogP contribution in [0, 0.1) is 13.8 Å². The fourth-order valence-electron chi connectivity index (χ4n) is 2.42. The number of hydrogen-bond donors (Lipinski definition) is 1. The molecule has 1 unspecified atom stereocenters. The summed E-state index contributed by atoms with van der Waals surface area (Å²) in [4.78, 5) is 0. The van der Waals surface area contributed by atoms with Crippen LogP contribution < -0.4 is 5.73 Å². The van der Waals surface area contributed by atoms with E-state index >= 15 is 0 Å². The maximum Gasteiger partial charge on any atom is 0.0406 e. The van der Waals surface area contributed by atoms with Gasteiger partial charge in [0.15, 0.2) is 0 Å². The maximum absolute atomic E-state index is 5.98. The predicted octanol–water partition coefficient (Wildman–Crippen LogP) is 4.24. The zero-order chi connectivity index (χ0) is 13.8. The molecule has 19 heavy (non-hydrogen) atoms. The largest absolute Gasteiger partial charge is 0.330 e. The highest BCUT2D eigenvalue weighted by molar-refractivity contribution is 6.30. The number of aryl methyl sites for hydroxylation is 2. The van der Waals surface area contributed by atoms with Crippen LogP contribution in [0.1, 0.15) is 28.2 Å². The third kappa shape index (κ3) is 3.59. The molecule has 2 heteroatoms. The summed E-state index contributed by atoms with van der Waals surface area (Å²) in [7, 11) is 0.